The quantitative estimate of drug-likeness (QED) is 0.730. The number of likely N-dealkylation sites (tertiary alicyclic amines) is 1. The molecule has 2 heterocycles. The molecule has 2 atom stereocenters. The summed E-state index contributed by atoms with van der Waals surface area (Å²) < 4.78 is 39.6. The van der Waals surface area contributed by atoms with Crippen molar-refractivity contribution in [3.63, 3.8) is 0 Å². The van der Waals surface area contributed by atoms with Gasteiger partial charge in [0.05, 0.1) is 16.7 Å². The van der Waals surface area contributed by atoms with Crippen LogP contribution in [0.5, 0.6) is 0 Å². The van der Waals surface area contributed by atoms with E-state index in [0.29, 0.717) is 31.9 Å². The van der Waals surface area contributed by atoms with Gasteiger partial charge in [0, 0.05) is 31.9 Å². The van der Waals surface area contributed by atoms with Gasteiger partial charge in [-0.1, -0.05) is 11.6 Å². The summed E-state index contributed by atoms with van der Waals surface area (Å²) in [6.45, 7) is 5.82. The van der Waals surface area contributed by atoms with Crippen LogP contribution in [0.4, 0.5) is 18.9 Å². The van der Waals surface area contributed by atoms with Gasteiger partial charge in [-0.15, -0.1) is 0 Å². The van der Waals surface area contributed by atoms with Crippen molar-refractivity contribution in [2.45, 2.75) is 50.9 Å². The first-order valence-electron chi connectivity index (χ1n) is 10.9. The first-order chi connectivity index (χ1) is 14.6. The molecule has 1 aromatic rings. The number of alkyl halides is 3. The van der Waals surface area contributed by atoms with E-state index in [1.165, 1.54) is 12.1 Å². The maximum absolute atomic E-state index is 13.2. The van der Waals surface area contributed by atoms with Gasteiger partial charge in [0.25, 0.3) is 0 Å². The lowest BCUT2D eigenvalue weighted by Crippen LogP contribution is -2.56. The van der Waals surface area contributed by atoms with Crippen molar-refractivity contribution in [2.24, 2.45) is 5.41 Å². The van der Waals surface area contributed by atoms with E-state index in [0.717, 1.165) is 44.8 Å². The van der Waals surface area contributed by atoms with E-state index in [9.17, 15) is 23.1 Å². The number of benzene rings is 1. The molecular weight excluding hydrogens is 431 g/mol. The third kappa shape index (κ3) is 4.66. The molecule has 1 amide bonds. The van der Waals surface area contributed by atoms with Gasteiger partial charge >= 0.3 is 6.18 Å². The van der Waals surface area contributed by atoms with Crippen molar-refractivity contribution in [1.82, 2.24) is 9.80 Å². The maximum atomic E-state index is 13.2. The van der Waals surface area contributed by atoms with Gasteiger partial charge in [0.2, 0.25) is 5.91 Å². The average molecular weight is 460 g/mol. The normalized spacial score (nSPS) is 26.6. The number of halogens is 4. The minimum Gasteiger partial charge on any atom is -0.391 e. The number of β-amino-alcohol motifs (C(OH)–C–C–N with tert-alkyl or cyclic N) is 1. The molecule has 5 nitrogen and oxygen atoms in total. The van der Waals surface area contributed by atoms with Crippen molar-refractivity contribution in [3.8, 4) is 0 Å². The van der Waals surface area contributed by atoms with Crippen LogP contribution in [0.1, 0.15) is 38.2 Å². The van der Waals surface area contributed by atoms with Crippen LogP contribution in [0, 0.1) is 5.41 Å². The molecule has 3 aliphatic rings. The van der Waals surface area contributed by atoms with Crippen LogP contribution in [0.3, 0.4) is 0 Å². The molecule has 1 N–H and O–H groups in total. The Morgan fingerprint density at radius 1 is 1.16 bits per heavy atom. The van der Waals surface area contributed by atoms with E-state index in [1.54, 1.807) is 16.7 Å². The summed E-state index contributed by atoms with van der Waals surface area (Å²) in [6.07, 6.45) is -0.648. The second-order valence-corrected chi connectivity index (χ2v) is 9.55. The number of carbonyl (C=O) groups is 1. The number of amides is 1. The van der Waals surface area contributed by atoms with E-state index >= 15 is 0 Å². The second kappa shape index (κ2) is 8.45. The van der Waals surface area contributed by atoms with Crippen LogP contribution in [0.2, 0.25) is 5.02 Å². The topological polar surface area (TPSA) is 47.0 Å². The van der Waals surface area contributed by atoms with Crippen molar-refractivity contribution in [2.75, 3.05) is 44.2 Å². The Labute approximate surface area is 185 Å². The molecule has 0 unspecified atom stereocenters. The highest BCUT2D eigenvalue weighted by Crippen LogP contribution is 2.53. The summed E-state index contributed by atoms with van der Waals surface area (Å²) in [5.74, 6) is -0.0784. The van der Waals surface area contributed by atoms with Crippen LogP contribution in [0.25, 0.3) is 0 Å². The van der Waals surface area contributed by atoms with Gasteiger partial charge in [-0.05, 0) is 69.3 Å². The fraction of sp³-hybridized carbons (Fsp3) is 0.682. The first kappa shape index (κ1) is 22.7. The Hall–Kier alpha value is -1.51. The Bertz CT molecular complexity index is 831. The predicted molar refractivity (Wildman–Crippen MR) is 113 cm³/mol. The standard InChI is InChI=1S/C22H29ClF3N3O2/c1-15-20(31)28(9-2-8-27-10-7-21(5-6-21)19(30)14-27)11-12-29(15)16-3-4-18(23)17(13-16)22(24,25)26/h3-4,13,15,19,30H,2,5-12,14H2,1H3/t15-,19+/m0/s1. The molecule has 1 aromatic carbocycles. The van der Waals surface area contributed by atoms with Crippen LogP contribution in [-0.2, 0) is 11.0 Å². The number of aliphatic hydroxyl groups excluding tert-OH is 1. The molecule has 172 valence electrons. The summed E-state index contributed by atoms with van der Waals surface area (Å²) in [4.78, 5) is 18.6. The minimum atomic E-state index is -4.54. The summed E-state index contributed by atoms with van der Waals surface area (Å²) in [5, 5.41) is 9.99. The molecule has 2 aliphatic heterocycles. The van der Waals surface area contributed by atoms with Crippen molar-refractivity contribution < 1.29 is 23.1 Å². The highest BCUT2D eigenvalue weighted by atomic mass is 35.5. The molecule has 0 radical (unpaired) electrons. The third-order valence-corrected chi connectivity index (χ3v) is 7.52. The number of carbonyl (C=O) groups excluding carboxylic acids is 1. The molecule has 4 rings (SSSR count). The molecule has 2 saturated heterocycles. The molecule has 3 fully saturated rings. The summed E-state index contributed by atoms with van der Waals surface area (Å²) >= 11 is 5.72. The molecule has 1 saturated carbocycles. The first-order valence-corrected chi connectivity index (χ1v) is 11.3. The van der Waals surface area contributed by atoms with Gasteiger partial charge < -0.3 is 19.8 Å². The number of aliphatic hydroxyl groups is 1. The van der Waals surface area contributed by atoms with Gasteiger partial charge in [0.15, 0.2) is 0 Å². The summed E-state index contributed by atoms with van der Waals surface area (Å²) in [7, 11) is 0. The fourth-order valence-electron chi connectivity index (χ4n) is 4.92. The Morgan fingerprint density at radius 2 is 1.90 bits per heavy atom. The lowest BCUT2D eigenvalue weighted by atomic mass is 9.90. The largest absolute Gasteiger partial charge is 0.417 e. The van der Waals surface area contributed by atoms with E-state index in [2.05, 4.69) is 4.90 Å². The fourth-order valence-corrected chi connectivity index (χ4v) is 5.15. The highest BCUT2D eigenvalue weighted by Gasteiger charge is 2.51. The van der Waals surface area contributed by atoms with Gasteiger partial charge in [-0.25, -0.2) is 0 Å². The molecule has 31 heavy (non-hydrogen) atoms. The summed E-state index contributed by atoms with van der Waals surface area (Å²) in [5.41, 5.74) is -0.342. The molecule has 0 aromatic heterocycles. The molecule has 9 heteroatoms. The molecule has 1 aliphatic carbocycles. The third-order valence-electron chi connectivity index (χ3n) is 7.19. The van der Waals surface area contributed by atoms with Crippen molar-refractivity contribution >= 4 is 23.2 Å². The average Bonchev–Trinajstić information content (AvgIpc) is 3.49. The van der Waals surface area contributed by atoms with E-state index in [1.807, 2.05) is 0 Å². The van der Waals surface area contributed by atoms with Crippen LogP contribution in [-0.4, -0.2) is 72.2 Å². The predicted octanol–water partition coefficient (Wildman–Crippen LogP) is 3.63. The number of hydrogen-bond donors (Lipinski definition) is 1. The molecular formula is C22H29ClF3N3O2. The van der Waals surface area contributed by atoms with Crippen LogP contribution in [0.15, 0.2) is 18.2 Å². The zero-order valence-electron chi connectivity index (χ0n) is 17.7. The Kier molecular flexibility index (Phi) is 6.18. The number of nitrogens with zero attached hydrogens (tertiary/aromatic N) is 3. The number of anilines is 1. The van der Waals surface area contributed by atoms with E-state index < -0.39 is 17.8 Å². The van der Waals surface area contributed by atoms with Crippen molar-refractivity contribution in [1.29, 1.82) is 0 Å². The Balaban J connectivity index is 1.31. The number of rotatable bonds is 5. The number of piperidine rings is 1. The highest BCUT2D eigenvalue weighted by molar-refractivity contribution is 6.31. The van der Waals surface area contributed by atoms with Crippen LogP contribution >= 0.6 is 11.6 Å². The lowest BCUT2D eigenvalue weighted by molar-refractivity contribution is -0.137. The second-order valence-electron chi connectivity index (χ2n) is 9.14. The minimum absolute atomic E-state index is 0.0784. The van der Waals surface area contributed by atoms with Crippen LogP contribution < -0.4 is 4.90 Å². The van der Waals surface area contributed by atoms with Gasteiger partial charge in [-0.3, -0.25) is 4.79 Å². The maximum Gasteiger partial charge on any atom is 0.417 e. The summed E-state index contributed by atoms with van der Waals surface area (Å²) in [6, 6.07) is 3.26. The molecule has 0 bridgehead atoms. The SMILES string of the molecule is C[C@H]1C(=O)N(CCCN2CCC3(CC3)[C@H](O)C2)CCN1c1ccc(Cl)c(C(F)(F)F)c1. The monoisotopic (exact) mass is 459 g/mol. The zero-order chi connectivity index (χ0) is 22.4. The smallest absolute Gasteiger partial charge is 0.391 e. The lowest BCUT2D eigenvalue weighted by Gasteiger charge is -2.41. The van der Waals surface area contributed by atoms with E-state index in [4.69, 9.17) is 11.6 Å². The van der Waals surface area contributed by atoms with Gasteiger partial charge in [0.1, 0.15) is 6.04 Å². The molecule has 1 spiro atoms. The number of hydrogen-bond acceptors (Lipinski definition) is 4. The zero-order valence-corrected chi connectivity index (χ0v) is 18.4. The van der Waals surface area contributed by atoms with Gasteiger partial charge in [-0.2, -0.15) is 13.2 Å². The number of piperazine rings is 1. The van der Waals surface area contributed by atoms with E-state index in [-0.39, 0.29) is 22.4 Å². The van der Waals surface area contributed by atoms with Crippen molar-refractivity contribution in [3.05, 3.63) is 28.8 Å². The Morgan fingerprint density at radius 3 is 2.55 bits per heavy atom.